The zero-order chi connectivity index (χ0) is 21.8. The second-order valence-corrected chi connectivity index (χ2v) is 9.93. The molecule has 2 aromatic rings. The molecule has 0 aromatic heterocycles. The SMILES string of the molecule is COc1ccccc1C(Nc1c(C)cc(C)cc1C)P(=O)(OC(C)C)OC(C)C. The van der Waals surface area contributed by atoms with E-state index in [0.717, 1.165) is 22.4 Å². The van der Waals surface area contributed by atoms with Crippen LogP contribution in [0.5, 0.6) is 5.75 Å². The maximum Gasteiger partial charge on any atom is 0.357 e. The highest BCUT2D eigenvalue weighted by Gasteiger charge is 2.41. The van der Waals surface area contributed by atoms with E-state index in [2.05, 4.69) is 24.4 Å². The Bertz CT molecular complexity index is 842. The second kappa shape index (κ2) is 9.80. The molecular formula is C23H34NO4P. The molecule has 0 spiro atoms. The second-order valence-electron chi connectivity index (χ2n) is 7.91. The summed E-state index contributed by atoms with van der Waals surface area (Å²) >= 11 is 0. The van der Waals surface area contributed by atoms with E-state index in [1.165, 1.54) is 5.56 Å². The Labute approximate surface area is 175 Å². The van der Waals surface area contributed by atoms with Crippen LogP contribution in [0.2, 0.25) is 0 Å². The van der Waals surface area contributed by atoms with Crippen LogP contribution in [0, 0.1) is 20.8 Å². The Balaban J connectivity index is 2.67. The molecule has 6 heteroatoms. The van der Waals surface area contributed by atoms with Gasteiger partial charge in [0.05, 0.1) is 19.3 Å². The fraction of sp³-hybridized carbons (Fsp3) is 0.478. The Morgan fingerprint density at radius 2 is 1.41 bits per heavy atom. The number of para-hydroxylation sites is 1. The summed E-state index contributed by atoms with van der Waals surface area (Å²) in [5.74, 6) is -0.0871. The molecule has 2 rings (SSSR count). The molecule has 0 saturated heterocycles. The molecule has 0 saturated carbocycles. The number of ether oxygens (including phenoxy) is 1. The molecule has 1 N–H and O–H groups in total. The fourth-order valence-electron chi connectivity index (χ4n) is 3.50. The Morgan fingerprint density at radius 1 is 0.897 bits per heavy atom. The van der Waals surface area contributed by atoms with Gasteiger partial charge in [-0.25, -0.2) is 0 Å². The summed E-state index contributed by atoms with van der Waals surface area (Å²) in [6.45, 7) is 13.6. The van der Waals surface area contributed by atoms with Crippen LogP contribution in [0.4, 0.5) is 5.69 Å². The molecule has 5 nitrogen and oxygen atoms in total. The number of hydrogen-bond donors (Lipinski definition) is 1. The molecule has 29 heavy (non-hydrogen) atoms. The Morgan fingerprint density at radius 3 is 1.90 bits per heavy atom. The highest BCUT2D eigenvalue weighted by molar-refractivity contribution is 7.54. The number of aryl methyl sites for hydroxylation is 3. The number of rotatable bonds is 9. The van der Waals surface area contributed by atoms with Gasteiger partial charge in [0.2, 0.25) is 0 Å². The van der Waals surface area contributed by atoms with Gasteiger partial charge in [-0.05, 0) is 65.7 Å². The average Bonchev–Trinajstić information content (AvgIpc) is 2.59. The first-order chi connectivity index (χ1) is 13.6. The molecule has 0 bridgehead atoms. The average molecular weight is 420 g/mol. The van der Waals surface area contributed by atoms with Gasteiger partial charge >= 0.3 is 7.60 Å². The Hall–Kier alpha value is -1.81. The van der Waals surface area contributed by atoms with Crippen molar-refractivity contribution in [1.82, 2.24) is 0 Å². The highest BCUT2D eigenvalue weighted by Crippen LogP contribution is 2.63. The van der Waals surface area contributed by atoms with E-state index >= 15 is 0 Å². The van der Waals surface area contributed by atoms with E-state index in [1.807, 2.05) is 65.8 Å². The van der Waals surface area contributed by atoms with Crippen LogP contribution in [0.25, 0.3) is 0 Å². The van der Waals surface area contributed by atoms with Crippen molar-refractivity contribution in [3.63, 3.8) is 0 Å². The van der Waals surface area contributed by atoms with Crippen LogP contribution in [0.3, 0.4) is 0 Å². The van der Waals surface area contributed by atoms with Crippen LogP contribution in [0.1, 0.15) is 55.7 Å². The van der Waals surface area contributed by atoms with Crippen molar-refractivity contribution in [2.24, 2.45) is 0 Å². The summed E-state index contributed by atoms with van der Waals surface area (Å²) in [6, 6.07) is 11.7. The normalized spacial score (nSPS) is 13.0. The van der Waals surface area contributed by atoms with Gasteiger partial charge in [0, 0.05) is 11.3 Å². The topological polar surface area (TPSA) is 56.8 Å². The van der Waals surface area contributed by atoms with Gasteiger partial charge < -0.3 is 19.1 Å². The van der Waals surface area contributed by atoms with Gasteiger partial charge in [-0.15, -0.1) is 0 Å². The summed E-state index contributed by atoms with van der Waals surface area (Å²) in [7, 11) is -2.00. The molecular weight excluding hydrogens is 385 g/mol. The molecule has 0 fully saturated rings. The van der Waals surface area contributed by atoms with E-state index in [-0.39, 0.29) is 12.2 Å². The van der Waals surface area contributed by atoms with Crippen molar-refractivity contribution in [1.29, 1.82) is 0 Å². The quantitative estimate of drug-likeness (QED) is 0.454. The molecule has 0 aliphatic carbocycles. The molecule has 160 valence electrons. The molecule has 0 heterocycles. The zero-order valence-corrected chi connectivity index (χ0v) is 19.7. The van der Waals surface area contributed by atoms with Crippen molar-refractivity contribution in [2.45, 2.75) is 66.5 Å². The zero-order valence-electron chi connectivity index (χ0n) is 18.8. The predicted octanol–water partition coefficient (Wildman–Crippen LogP) is 6.77. The number of hydrogen-bond acceptors (Lipinski definition) is 5. The largest absolute Gasteiger partial charge is 0.496 e. The van der Waals surface area contributed by atoms with Crippen molar-refractivity contribution < 1.29 is 18.3 Å². The summed E-state index contributed by atoms with van der Waals surface area (Å²) < 4.78 is 31.6. The van der Waals surface area contributed by atoms with Crippen molar-refractivity contribution >= 4 is 13.3 Å². The van der Waals surface area contributed by atoms with Crippen molar-refractivity contribution in [2.75, 3.05) is 12.4 Å². The van der Waals surface area contributed by atoms with Crippen LogP contribution in [-0.4, -0.2) is 19.3 Å². The minimum atomic E-state index is -3.61. The first-order valence-corrected chi connectivity index (χ1v) is 11.6. The lowest BCUT2D eigenvalue weighted by Gasteiger charge is -2.32. The lowest BCUT2D eigenvalue weighted by atomic mass is 10.0. The van der Waals surface area contributed by atoms with Gasteiger partial charge in [-0.3, -0.25) is 4.57 Å². The lowest BCUT2D eigenvalue weighted by Crippen LogP contribution is -2.20. The molecule has 2 aromatic carbocycles. The molecule has 0 aliphatic rings. The maximum atomic E-state index is 14.1. The first kappa shape index (κ1) is 23.5. The Kier molecular flexibility index (Phi) is 7.93. The minimum absolute atomic E-state index is 0.265. The predicted molar refractivity (Wildman–Crippen MR) is 120 cm³/mol. The van der Waals surface area contributed by atoms with E-state index in [4.69, 9.17) is 13.8 Å². The smallest absolute Gasteiger partial charge is 0.357 e. The van der Waals surface area contributed by atoms with Gasteiger partial charge in [0.25, 0.3) is 0 Å². The van der Waals surface area contributed by atoms with Gasteiger partial charge in [0.15, 0.2) is 5.78 Å². The number of methoxy groups -OCH3 is 1. The summed E-state index contributed by atoms with van der Waals surface area (Å²) in [5.41, 5.74) is 4.98. The van der Waals surface area contributed by atoms with Crippen LogP contribution in [0.15, 0.2) is 36.4 Å². The maximum absolute atomic E-state index is 14.1. The molecule has 0 aliphatic heterocycles. The third-order valence-corrected chi connectivity index (χ3v) is 6.89. The minimum Gasteiger partial charge on any atom is -0.496 e. The van der Waals surface area contributed by atoms with Gasteiger partial charge in [0.1, 0.15) is 5.75 Å². The van der Waals surface area contributed by atoms with Crippen LogP contribution < -0.4 is 10.1 Å². The first-order valence-electron chi connectivity index (χ1n) is 10.0. The molecule has 0 amide bonds. The summed E-state index contributed by atoms with van der Waals surface area (Å²) in [4.78, 5) is 0. The third-order valence-electron chi connectivity index (χ3n) is 4.42. The van der Waals surface area contributed by atoms with Crippen molar-refractivity contribution in [3.8, 4) is 5.75 Å². The van der Waals surface area contributed by atoms with E-state index in [1.54, 1.807) is 7.11 Å². The number of nitrogens with one attached hydrogen (secondary N) is 1. The highest BCUT2D eigenvalue weighted by atomic mass is 31.2. The molecule has 0 radical (unpaired) electrons. The van der Waals surface area contributed by atoms with Crippen molar-refractivity contribution in [3.05, 3.63) is 58.7 Å². The number of benzene rings is 2. The monoisotopic (exact) mass is 419 g/mol. The van der Waals surface area contributed by atoms with E-state index in [9.17, 15) is 4.57 Å². The van der Waals surface area contributed by atoms with Gasteiger partial charge in [-0.1, -0.05) is 35.9 Å². The summed E-state index contributed by atoms with van der Waals surface area (Å²) in [6.07, 6.45) is -0.530. The van der Waals surface area contributed by atoms with E-state index < -0.39 is 13.4 Å². The molecule has 1 unspecified atom stereocenters. The van der Waals surface area contributed by atoms with Crippen LogP contribution >= 0.6 is 7.60 Å². The fourth-order valence-corrected chi connectivity index (χ4v) is 5.81. The molecule has 1 atom stereocenters. The third kappa shape index (κ3) is 5.85. The summed E-state index contributed by atoms with van der Waals surface area (Å²) in [5, 5.41) is 3.49. The van der Waals surface area contributed by atoms with E-state index in [0.29, 0.717) is 5.75 Å². The standard InChI is InChI=1S/C23H34NO4P/c1-15(2)27-29(25,28-16(3)4)23(20-11-9-10-12-21(20)26-8)24-22-18(6)13-17(5)14-19(22)7/h9-16,23-24H,1-8H3. The number of anilines is 1. The van der Waals surface area contributed by atoms with Crippen LogP contribution in [-0.2, 0) is 13.6 Å². The lowest BCUT2D eigenvalue weighted by molar-refractivity contribution is 0.138. The van der Waals surface area contributed by atoms with Gasteiger partial charge in [-0.2, -0.15) is 0 Å².